The number of nitrogens with zero attached hydrogens (tertiary/aromatic N) is 2. The van der Waals surface area contributed by atoms with Crippen LogP contribution >= 0.6 is 0 Å². The number of fused-ring (bicyclic) bond motifs is 3. The van der Waals surface area contributed by atoms with Gasteiger partial charge in [-0.3, -0.25) is 0 Å². The van der Waals surface area contributed by atoms with Gasteiger partial charge >= 0.3 is 0 Å². The third kappa shape index (κ3) is 3.69. The minimum Gasteiger partial charge on any atom is -0.507 e. The number of hydrogen-bond donors (Lipinski definition) is 1. The number of aromatic hydroxyl groups is 1. The molecule has 0 saturated carbocycles. The number of phenols is 1. The Morgan fingerprint density at radius 2 is 1.82 bits per heavy atom. The Hall–Kier alpha value is -3.87. The first-order valence-electron chi connectivity index (χ1n) is 10.9. The Labute approximate surface area is 192 Å². The molecular weight excluding hydrogens is 420 g/mol. The predicted molar refractivity (Wildman–Crippen MR) is 124 cm³/mol. The van der Waals surface area contributed by atoms with Crippen LogP contribution in [0.3, 0.4) is 0 Å². The molecule has 0 fully saturated rings. The molecule has 5 rings (SSSR count). The fourth-order valence-corrected chi connectivity index (χ4v) is 4.40. The number of phenolic OH excluding ortho intramolecular Hbond substituents is 1. The quantitative estimate of drug-likeness (QED) is 0.571. The molecular formula is C26H26N2O5. The van der Waals surface area contributed by atoms with Crippen LogP contribution in [0.25, 0.3) is 0 Å². The Kier molecular flexibility index (Phi) is 5.46. The first-order chi connectivity index (χ1) is 16.1. The molecule has 0 aromatic heterocycles. The molecule has 0 bridgehead atoms. The predicted octanol–water partition coefficient (Wildman–Crippen LogP) is 5.05. The molecule has 3 aromatic rings. The molecule has 170 valence electrons. The molecule has 2 heterocycles. The molecule has 0 spiro atoms. The summed E-state index contributed by atoms with van der Waals surface area (Å²) < 4.78 is 23.0. The van der Waals surface area contributed by atoms with Gasteiger partial charge in [-0.25, -0.2) is 5.01 Å². The summed E-state index contributed by atoms with van der Waals surface area (Å²) in [6.45, 7) is 2.57. The molecule has 0 aliphatic carbocycles. The summed E-state index contributed by atoms with van der Waals surface area (Å²) in [5.74, 6) is 3.03. The van der Waals surface area contributed by atoms with E-state index in [9.17, 15) is 5.11 Å². The molecule has 0 saturated heterocycles. The highest BCUT2D eigenvalue weighted by molar-refractivity contribution is 6.04. The van der Waals surface area contributed by atoms with Gasteiger partial charge in [0.2, 0.25) is 6.23 Å². The smallest absolute Gasteiger partial charge is 0.214 e. The van der Waals surface area contributed by atoms with Crippen molar-refractivity contribution in [3.8, 4) is 28.7 Å². The lowest BCUT2D eigenvalue weighted by molar-refractivity contribution is -0.0209. The fourth-order valence-electron chi connectivity index (χ4n) is 4.40. The minimum atomic E-state index is -0.459. The topological polar surface area (TPSA) is 72.8 Å². The van der Waals surface area contributed by atoms with Gasteiger partial charge in [0.05, 0.1) is 32.6 Å². The zero-order chi connectivity index (χ0) is 22.9. The van der Waals surface area contributed by atoms with Crippen molar-refractivity contribution in [1.82, 2.24) is 5.01 Å². The van der Waals surface area contributed by atoms with E-state index < -0.39 is 6.23 Å². The van der Waals surface area contributed by atoms with Gasteiger partial charge in [-0.15, -0.1) is 0 Å². The van der Waals surface area contributed by atoms with Crippen LogP contribution in [0.15, 0.2) is 65.8 Å². The van der Waals surface area contributed by atoms with Crippen molar-refractivity contribution in [3.63, 3.8) is 0 Å². The van der Waals surface area contributed by atoms with Crippen molar-refractivity contribution >= 4 is 5.71 Å². The van der Waals surface area contributed by atoms with Crippen molar-refractivity contribution in [2.75, 3.05) is 20.8 Å². The van der Waals surface area contributed by atoms with Crippen LogP contribution in [0.2, 0.25) is 0 Å². The molecule has 0 unspecified atom stereocenters. The van der Waals surface area contributed by atoms with E-state index in [0.29, 0.717) is 35.8 Å². The van der Waals surface area contributed by atoms with E-state index in [4.69, 9.17) is 24.0 Å². The zero-order valence-corrected chi connectivity index (χ0v) is 18.8. The summed E-state index contributed by atoms with van der Waals surface area (Å²) in [6, 6.07) is 18.8. The maximum absolute atomic E-state index is 10.5. The van der Waals surface area contributed by atoms with E-state index in [0.717, 1.165) is 22.6 Å². The number of hydrazone groups is 1. The van der Waals surface area contributed by atoms with Crippen LogP contribution in [0.1, 0.15) is 42.3 Å². The molecule has 3 aromatic carbocycles. The SMILES string of the molecule is CCOc1ccc([C@H]2Oc3c(OC)cccc3[C@@H]3CC(c4cc(OC)ccc4O)=NN23)cc1. The maximum Gasteiger partial charge on any atom is 0.214 e. The van der Waals surface area contributed by atoms with Gasteiger partial charge in [0.1, 0.15) is 17.2 Å². The monoisotopic (exact) mass is 446 g/mol. The van der Waals surface area contributed by atoms with Gasteiger partial charge in [-0.1, -0.05) is 12.1 Å². The largest absolute Gasteiger partial charge is 0.507 e. The second kappa shape index (κ2) is 8.58. The van der Waals surface area contributed by atoms with Gasteiger partial charge in [0.25, 0.3) is 0 Å². The molecule has 2 atom stereocenters. The van der Waals surface area contributed by atoms with Crippen molar-refractivity contribution in [2.24, 2.45) is 5.10 Å². The van der Waals surface area contributed by atoms with Crippen molar-refractivity contribution in [2.45, 2.75) is 25.6 Å². The number of ether oxygens (including phenoxy) is 4. The first kappa shape index (κ1) is 21.0. The van der Waals surface area contributed by atoms with E-state index >= 15 is 0 Å². The van der Waals surface area contributed by atoms with Crippen molar-refractivity contribution in [3.05, 3.63) is 77.4 Å². The van der Waals surface area contributed by atoms with Crippen LogP contribution in [0.4, 0.5) is 0 Å². The fraction of sp³-hybridized carbons (Fsp3) is 0.269. The summed E-state index contributed by atoms with van der Waals surface area (Å²) in [5.41, 5.74) is 3.36. The third-order valence-electron chi connectivity index (χ3n) is 5.99. The van der Waals surface area contributed by atoms with Crippen molar-refractivity contribution < 1.29 is 24.1 Å². The van der Waals surface area contributed by atoms with Crippen LogP contribution in [0.5, 0.6) is 28.7 Å². The molecule has 2 aliphatic rings. The van der Waals surface area contributed by atoms with Crippen LogP contribution in [-0.2, 0) is 0 Å². The summed E-state index contributed by atoms with van der Waals surface area (Å²) in [6.07, 6.45) is 0.150. The second-order valence-corrected chi connectivity index (χ2v) is 7.88. The van der Waals surface area contributed by atoms with E-state index in [2.05, 4.69) is 0 Å². The molecule has 0 amide bonds. The third-order valence-corrected chi connectivity index (χ3v) is 5.99. The number of rotatable bonds is 6. The Bertz CT molecular complexity index is 1190. The van der Waals surface area contributed by atoms with E-state index in [1.54, 1.807) is 26.4 Å². The lowest BCUT2D eigenvalue weighted by Gasteiger charge is -2.38. The number of hydrogen-bond acceptors (Lipinski definition) is 7. The summed E-state index contributed by atoms with van der Waals surface area (Å²) >= 11 is 0. The Morgan fingerprint density at radius 3 is 2.55 bits per heavy atom. The van der Waals surface area contributed by atoms with Crippen LogP contribution in [0, 0.1) is 0 Å². The summed E-state index contributed by atoms with van der Waals surface area (Å²) in [7, 11) is 3.25. The number of para-hydroxylation sites is 1. The summed E-state index contributed by atoms with van der Waals surface area (Å²) in [4.78, 5) is 0. The highest BCUT2D eigenvalue weighted by Crippen LogP contribution is 2.51. The Morgan fingerprint density at radius 1 is 1.03 bits per heavy atom. The highest BCUT2D eigenvalue weighted by Gasteiger charge is 2.42. The van der Waals surface area contributed by atoms with Gasteiger partial charge in [0.15, 0.2) is 11.5 Å². The van der Waals surface area contributed by atoms with Gasteiger partial charge in [-0.2, -0.15) is 5.10 Å². The average Bonchev–Trinajstić information content (AvgIpc) is 3.30. The van der Waals surface area contributed by atoms with Crippen LogP contribution < -0.4 is 18.9 Å². The van der Waals surface area contributed by atoms with E-state index in [1.165, 1.54) is 0 Å². The second-order valence-electron chi connectivity index (χ2n) is 7.88. The number of benzene rings is 3. The van der Waals surface area contributed by atoms with E-state index in [-0.39, 0.29) is 11.8 Å². The molecule has 33 heavy (non-hydrogen) atoms. The van der Waals surface area contributed by atoms with Crippen LogP contribution in [-0.4, -0.2) is 36.7 Å². The molecule has 0 radical (unpaired) electrons. The zero-order valence-electron chi connectivity index (χ0n) is 18.8. The first-order valence-corrected chi connectivity index (χ1v) is 10.9. The highest BCUT2D eigenvalue weighted by atomic mass is 16.5. The molecule has 7 nitrogen and oxygen atoms in total. The Balaban J connectivity index is 1.59. The standard InChI is InChI=1S/C26H26N2O5/c1-4-32-17-10-8-16(9-11-17)26-28-22(19-6-5-7-24(31-3)25(19)33-26)15-21(27-28)20-14-18(30-2)12-13-23(20)29/h5-14,22,26,29H,4,15H2,1-3H3/t22-,26+/m0/s1. The van der Waals surface area contributed by atoms with Gasteiger partial charge in [0, 0.05) is 23.1 Å². The van der Waals surface area contributed by atoms with Crippen molar-refractivity contribution in [1.29, 1.82) is 0 Å². The molecule has 7 heteroatoms. The molecule has 2 aliphatic heterocycles. The number of methoxy groups -OCH3 is 2. The molecule has 1 N–H and O–H groups in total. The van der Waals surface area contributed by atoms with Gasteiger partial charge in [-0.05, 0) is 55.5 Å². The minimum absolute atomic E-state index is 0.0685. The lowest BCUT2D eigenvalue weighted by atomic mass is 9.95. The maximum atomic E-state index is 10.5. The normalized spacial score (nSPS) is 18.6. The average molecular weight is 447 g/mol. The van der Waals surface area contributed by atoms with E-state index in [1.807, 2.05) is 60.5 Å². The lowest BCUT2D eigenvalue weighted by Crippen LogP contribution is -2.33. The van der Waals surface area contributed by atoms with Gasteiger partial charge < -0.3 is 24.1 Å². The summed E-state index contributed by atoms with van der Waals surface area (Å²) in [5, 5.41) is 17.4.